The Bertz CT molecular complexity index is 883. The summed E-state index contributed by atoms with van der Waals surface area (Å²) in [7, 11) is 0. The smallest absolute Gasteiger partial charge is 0.224 e. The summed E-state index contributed by atoms with van der Waals surface area (Å²) in [5.74, 6) is 0.0526. The van der Waals surface area contributed by atoms with Gasteiger partial charge in [-0.2, -0.15) is 0 Å². The molecule has 2 N–H and O–H groups in total. The Kier molecular flexibility index (Phi) is 6.01. The Morgan fingerprint density at radius 1 is 1.04 bits per heavy atom. The van der Waals surface area contributed by atoms with E-state index >= 15 is 0 Å². The van der Waals surface area contributed by atoms with Crippen LogP contribution in [0.5, 0.6) is 0 Å². The molecule has 0 aliphatic carbocycles. The fourth-order valence-corrected chi connectivity index (χ4v) is 4.15. The number of amides is 1. The molecular formula is C21H24N2OS2. The van der Waals surface area contributed by atoms with Gasteiger partial charge in [0.1, 0.15) is 0 Å². The van der Waals surface area contributed by atoms with E-state index in [2.05, 4.69) is 55.1 Å². The lowest BCUT2D eigenvalue weighted by molar-refractivity contribution is -0.116. The number of aryl methyl sites for hydroxylation is 1. The molecule has 0 spiro atoms. The highest BCUT2D eigenvalue weighted by atomic mass is 32.2. The van der Waals surface area contributed by atoms with Crippen molar-refractivity contribution in [1.82, 2.24) is 4.72 Å². The number of anilines is 1. The highest BCUT2D eigenvalue weighted by Crippen LogP contribution is 2.31. The van der Waals surface area contributed by atoms with Gasteiger partial charge < -0.3 is 5.32 Å². The molecule has 0 aliphatic heterocycles. The minimum atomic E-state index is 0.0282. The van der Waals surface area contributed by atoms with Crippen LogP contribution >= 0.6 is 23.3 Å². The molecule has 1 amide bonds. The number of carbonyl (C=O) groups excluding carboxylic acids is 1. The summed E-state index contributed by atoms with van der Waals surface area (Å²) in [6, 6.07) is 16.4. The fourth-order valence-electron chi connectivity index (χ4n) is 2.59. The lowest BCUT2D eigenvalue weighted by Gasteiger charge is -2.20. The van der Waals surface area contributed by atoms with Crippen LogP contribution < -0.4 is 10.0 Å². The number of rotatable bonds is 6. The van der Waals surface area contributed by atoms with E-state index in [0.717, 1.165) is 27.8 Å². The molecular weight excluding hydrogens is 360 g/mol. The summed E-state index contributed by atoms with van der Waals surface area (Å²) in [6.07, 6.45) is 1.28. The zero-order valence-electron chi connectivity index (χ0n) is 15.3. The van der Waals surface area contributed by atoms with Gasteiger partial charge in [-0.15, -0.1) is 11.3 Å². The van der Waals surface area contributed by atoms with E-state index in [9.17, 15) is 4.79 Å². The van der Waals surface area contributed by atoms with Gasteiger partial charge in [-0.05, 0) is 68.1 Å². The standard InChI is InChI=1S/C21H24N2OS2/c1-21(2,3)23-26-19-11-5-8-16-17(19)9-4-10-18(16)22-20(24)13-12-15-7-6-14-25-15/h4-11,14,23H,12-13H2,1-3H3,(H,22,24). The van der Waals surface area contributed by atoms with E-state index < -0.39 is 0 Å². The van der Waals surface area contributed by atoms with Crippen molar-refractivity contribution in [3.63, 3.8) is 0 Å². The molecule has 3 rings (SSSR count). The van der Waals surface area contributed by atoms with E-state index in [4.69, 9.17) is 0 Å². The molecule has 26 heavy (non-hydrogen) atoms. The SMILES string of the molecule is CC(C)(C)NSc1cccc2c(NC(=O)CCc3cccs3)cccc12. The predicted octanol–water partition coefficient (Wildman–Crippen LogP) is 5.87. The molecule has 1 heterocycles. The van der Waals surface area contributed by atoms with E-state index in [1.165, 1.54) is 4.88 Å². The van der Waals surface area contributed by atoms with Crippen LogP contribution in [0.4, 0.5) is 5.69 Å². The number of nitrogens with one attached hydrogen (secondary N) is 2. The van der Waals surface area contributed by atoms with Crippen LogP contribution in [0.3, 0.4) is 0 Å². The Morgan fingerprint density at radius 2 is 1.81 bits per heavy atom. The van der Waals surface area contributed by atoms with Crippen LogP contribution in [-0.2, 0) is 11.2 Å². The molecule has 0 fully saturated rings. The molecule has 136 valence electrons. The largest absolute Gasteiger partial charge is 0.326 e. The highest BCUT2D eigenvalue weighted by Gasteiger charge is 2.12. The fraction of sp³-hybridized carbons (Fsp3) is 0.286. The second-order valence-electron chi connectivity index (χ2n) is 7.24. The zero-order valence-corrected chi connectivity index (χ0v) is 17.0. The molecule has 3 aromatic rings. The second kappa shape index (κ2) is 8.25. The van der Waals surface area contributed by atoms with Crippen LogP contribution in [0.1, 0.15) is 32.1 Å². The third-order valence-electron chi connectivity index (χ3n) is 3.80. The minimum absolute atomic E-state index is 0.0282. The summed E-state index contributed by atoms with van der Waals surface area (Å²) in [5.41, 5.74) is 0.900. The molecule has 0 unspecified atom stereocenters. The summed E-state index contributed by atoms with van der Waals surface area (Å²) >= 11 is 3.33. The van der Waals surface area contributed by atoms with Crippen molar-refractivity contribution in [1.29, 1.82) is 0 Å². The number of hydrogen-bond acceptors (Lipinski definition) is 4. The summed E-state index contributed by atoms with van der Waals surface area (Å²) in [4.78, 5) is 14.8. The van der Waals surface area contributed by atoms with Gasteiger partial charge in [0.2, 0.25) is 5.91 Å². The summed E-state index contributed by atoms with van der Waals surface area (Å²) in [5, 5.41) is 7.34. The Balaban J connectivity index is 1.75. The molecule has 0 bridgehead atoms. The first-order chi connectivity index (χ1) is 12.4. The van der Waals surface area contributed by atoms with E-state index in [-0.39, 0.29) is 11.4 Å². The lowest BCUT2D eigenvalue weighted by Crippen LogP contribution is -2.29. The summed E-state index contributed by atoms with van der Waals surface area (Å²) < 4.78 is 3.46. The predicted molar refractivity (Wildman–Crippen MR) is 114 cm³/mol. The first-order valence-electron chi connectivity index (χ1n) is 8.70. The van der Waals surface area contributed by atoms with Gasteiger partial charge in [-0.25, -0.2) is 0 Å². The van der Waals surface area contributed by atoms with Crippen molar-refractivity contribution < 1.29 is 4.79 Å². The van der Waals surface area contributed by atoms with Crippen LogP contribution in [0, 0.1) is 0 Å². The average Bonchev–Trinajstić information content (AvgIpc) is 3.11. The molecule has 5 heteroatoms. The maximum Gasteiger partial charge on any atom is 0.224 e. The van der Waals surface area contributed by atoms with Crippen LogP contribution in [0.25, 0.3) is 10.8 Å². The van der Waals surface area contributed by atoms with Gasteiger partial charge in [0.05, 0.1) is 0 Å². The highest BCUT2D eigenvalue weighted by molar-refractivity contribution is 7.97. The van der Waals surface area contributed by atoms with E-state index in [1.807, 2.05) is 29.6 Å². The van der Waals surface area contributed by atoms with Crippen molar-refractivity contribution in [2.75, 3.05) is 5.32 Å². The van der Waals surface area contributed by atoms with E-state index in [0.29, 0.717) is 6.42 Å². The monoisotopic (exact) mass is 384 g/mol. The average molecular weight is 385 g/mol. The van der Waals surface area contributed by atoms with Gasteiger partial charge in [0, 0.05) is 32.8 Å². The van der Waals surface area contributed by atoms with Gasteiger partial charge in [-0.1, -0.05) is 30.3 Å². The maximum absolute atomic E-state index is 12.4. The number of benzene rings is 2. The zero-order chi connectivity index (χ0) is 18.6. The lowest BCUT2D eigenvalue weighted by atomic mass is 10.1. The Morgan fingerprint density at radius 3 is 2.54 bits per heavy atom. The normalized spacial score (nSPS) is 11.7. The third kappa shape index (κ3) is 5.10. The molecule has 0 saturated heterocycles. The van der Waals surface area contributed by atoms with Crippen LogP contribution in [0.2, 0.25) is 0 Å². The molecule has 3 nitrogen and oxygen atoms in total. The minimum Gasteiger partial charge on any atom is -0.326 e. The third-order valence-corrected chi connectivity index (χ3v) is 6.03. The molecule has 0 radical (unpaired) electrons. The van der Waals surface area contributed by atoms with Gasteiger partial charge >= 0.3 is 0 Å². The first kappa shape index (κ1) is 19.0. The van der Waals surface area contributed by atoms with Crippen molar-refractivity contribution in [2.45, 2.75) is 44.0 Å². The number of thiophene rings is 1. The number of hydrogen-bond donors (Lipinski definition) is 2. The van der Waals surface area contributed by atoms with Crippen LogP contribution in [-0.4, -0.2) is 11.4 Å². The molecule has 0 atom stereocenters. The van der Waals surface area contributed by atoms with E-state index in [1.54, 1.807) is 23.3 Å². The number of carbonyl (C=O) groups is 1. The van der Waals surface area contributed by atoms with Crippen molar-refractivity contribution >= 4 is 45.7 Å². The quantitative estimate of drug-likeness (QED) is 0.522. The maximum atomic E-state index is 12.4. The molecule has 2 aromatic carbocycles. The van der Waals surface area contributed by atoms with Gasteiger partial charge in [-0.3, -0.25) is 9.52 Å². The topological polar surface area (TPSA) is 41.1 Å². The van der Waals surface area contributed by atoms with Crippen molar-refractivity contribution in [3.8, 4) is 0 Å². The first-order valence-corrected chi connectivity index (χ1v) is 10.4. The number of fused-ring (bicyclic) bond motifs is 1. The molecule has 0 aliphatic rings. The van der Waals surface area contributed by atoms with Crippen molar-refractivity contribution in [2.24, 2.45) is 0 Å². The Hall–Kier alpha value is -1.82. The summed E-state index contributed by atoms with van der Waals surface area (Å²) in [6.45, 7) is 6.43. The van der Waals surface area contributed by atoms with Crippen LogP contribution in [0.15, 0.2) is 58.8 Å². The Labute approximate surface area is 163 Å². The second-order valence-corrected chi connectivity index (χ2v) is 9.12. The van der Waals surface area contributed by atoms with Crippen molar-refractivity contribution in [3.05, 3.63) is 58.8 Å². The van der Waals surface area contributed by atoms with Gasteiger partial charge in [0.25, 0.3) is 0 Å². The molecule has 0 saturated carbocycles. The molecule has 1 aromatic heterocycles. The van der Waals surface area contributed by atoms with Gasteiger partial charge in [0.15, 0.2) is 0 Å².